The molecule has 0 radical (unpaired) electrons. The first kappa shape index (κ1) is 15.9. The van der Waals surface area contributed by atoms with Gasteiger partial charge in [-0.1, -0.05) is 39.8 Å². The molecule has 5 heteroatoms. The van der Waals surface area contributed by atoms with Gasteiger partial charge in [-0.05, 0) is 24.2 Å². The Morgan fingerprint density at radius 3 is 2.43 bits per heavy atom. The van der Waals surface area contributed by atoms with E-state index in [0.717, 1.165) is 6.42 Å². The van der Waals surface area contributed by atoms with Gasteiger partial charge in [0.2, 0.25) is 5.91 Å². The zero-order valence-electron chi connectivity index (χ0n) is 13.5. The van der Waals surface area contributed by atoms with Crippen molar-refractivity contribution in [3.63, 3.8) is 0 Å². The van der Waals surface area contributed by atoms with Crippen LogP contribution in [0.2, 0.25) is 0 Å². The fraction of sp³-hybridized carbons (Fsp3) is 0.750. The monoisotopic (exact) mass is 294 g/mol. The molecule has 1 fully saturated rings. The van der Waals surface area contributed by atoms with Crippen LogP contribution in [0.15, 0.2) is 12.2 Å². The van der Waals surface area contributed by atoms with Gasteiger partial charge < -0.3 is 15.0 Å². The number of alkyl carbamates (subject to hydrolysis) is 1. The molecule has 2 rings (SSSR count). The van der Waals surface area contributed by atoms with Crippen LogP contribution in [0.1, 0.15) is 34.1 Å². The van der Waals surface area contributed by atoms with Crippen LogP contribution in [0.25, 0.3) is 0 Å². The van der Waals surface area contributed by atoms with E-state index in [1.165, 1.54) is 7.11 Å². The van der Waals surface area contributed by atoms with Crippen molar-refractivity contribution in [2.24, 2.45) is 17.8 Å². The number of carbonyl (C=O) groups is 2. The molecule has 118 valence electrons. The van der Waals surface area contributed by atoms with Crippen molar-refractivity contribution in [2.75, 3.05) is 7.11 Å². The van der Waals surface area contributed by atoms with E-state index in [0.29, 0.717) is 11.8 Å². The minimum atomic E-state index is -0.553. The van der Waals surface area contributed by atoms with E-state index < -0.39 is 12.1 Å². The van der Waals surface area contributed by atoms with Gasteiger partial charge in [-0.25, -0.2) is 4.79 Å². The number of fused-ring (bicyclic) bond motifs is 2. The number of likely N-dealkylation sites (tertiary alicyclic amines) is 1. The lowest BCUT2D eigenvalue weighted by Crippen LogP contribution is -2.56. The van der Waals surface area contributed by atoms with E-state index in [9.17, 15) is 9.59 Å². The predicted octanol–water partition coefficient (Wildman–Crippen LogP) is 2.18. The molecule has 0 spiro atoms. The summed E-state index contributed by atoms with van der Waals surface area (Å²) in [6, 6.07) is -0.129. The van der Waals surface area contributed by atoms with E-state index in [1.54, 1.807) is 0 Å². The number of rotatable bonds is 4. The second kappa shape index (κ2) is 6.08. The minimum Gasteiger partial charge on any atom is -0.453 e. The summed E-state index contributed by atoms with van der Waals surface area (Å²) >= 11 is 0. The van der Waals surface area contributed by atoms with Crippen LogP contribution >= 0.6 is 0 Å². The number of ether oxygens (including phenoxy) is 1. The van der Waals surface area contributed by atoms with E-state index >= 15 is 0 Å². The summed E-state index contributed by atoms with van der Waals surface area (Å²) < 4.78 is 4.65. The molecule has 21 heavy (non-hydrogen) atoms. The Hall–Kier alpha value is -1.52. The Labute approximate surface area is 126 Å². The number of methoxy groups -OCH3 is 1. The van der Waals surface area contributed by atoms with Crippen molar-refractivity contribution in [1.82, 2.24) is 10.2 Å². The van der Waals surface area contributed by atoms with Gasteiger partial charge in [0.05, 0.1) is 13.2 Å². The summed E-state index contributed by atoms with van der Waals surface area (Å²) in [5, 5.41) is 2.69. The Balaban J connectivity index is 2.20. The fourth-order valence-corrected chi connectivity index (χ4v) is 3.58. The van der Waals surface area contributed by atoms with E-state index in [2.05, 4.69) is 36.1 Å². The number of carbonyl (C=O) groups excluding carboxylic acids is 2. The van der Waals surface area contributed by atoms with Crippen LogP contribution in [-0.4, -0.2) is 42.1 Å². The molecule has 1 heterocycles. The third-order valence-electron chi connectivity index (χ3n) is 4.54. The van der Waals surface area contributed by atoms with Crippen molar-refractivity contribution >= 4 is 12.0 Å². The molecule has 2 aliphatic rings. The van der Waals surface area contributed by atoms with Crippen molar-refractivity contribution in [3.8, 4) is 0 Å². The topological polar surface area (TPSA) is 58.6 Å². The van der Waals surface area contributed by atoms with Gasteiger partial charge in [0, 0.05) is 6.04 Å². The standard InChI is InChI=1S/C16H26N2O3/c1-9(2)13(17-16(20)21-5)15(19)18-12-7-6-11(8-12)14(18)10(3)4/h6-7,9-14H,8H2,1-5H3,(H,17,20)/t11-,12+,13+,14+/m1/s1. The second-order valence-corrected chi connectivity index (χ2v) is 6.69. The quantitative estimate of drug-likeness (QED) is 0.809. The first-order valence-corrected chi connectivity index (χ1v) is 7.71. The van der Waals surface area contributed by atoms with Crippen LogP contribution in [0, 0.1) is 17.8 Å². The summed E-state index contributed by atoms with van der Waals surface area (Å²) in [5.74, 6) is 0.878. The first-order valence-electron chi connectivity index (χ1n) is 7.71. The highest BCUT2D eigenvalue weighted by Gasteiger charge is 2.48. The van der Waals surface area contributed by atoms with Gasteiger partial charge in [0.15, 0.2) is 0 Å². The van der Waals surface area contributed by atoms with Crippen LogP contribution < -0.4 is 5.32 Å². The van der Waals surface area contributed by atoms with Gasteiger partial charge >= 0.3 is 6.09 Å². The number of hydrogen-bond acceptors (Lipinski definition) is 3. The largest absolute Gasteiger partial charge is 0.453 e. The molecule has 1 saturated heterocycles. The molecule has 0 unspecified atom stereocenters. The molecule has 2 amide bonds. The molecule has 0 aromatic carbocycles. The van der Waals surface area contributed by atoms with Gasteiger partial charge in [-0.2, -0.15) is 0 Å². The van der Waals surface area contributed by atoms with Crippen LogP contribution in [0.4, 0.5) is 4.79 Å². The van der Waals surface area contributed by atoms with Crippen LogP contribution in [0.3, 0.4) is 0 Å². The normalized spacial score (nSPS) is 28.3. The summed E-state index contributed by atoms with van der Waals surface area (Å²) in [7, 11) is 1.31. The molecule has 0 aromatic heterocycles. The SMILES string of the molecule is COC(=O)N[C@H](C(=O)N1[C@H]2C=C[C@H](C2)[C@@H]1C(C)C)C(C)C. The number of nitrogens with one attached hydrogen (secondary N) is 1. The Kier molecular flexibility index (Phi) is 4.59. The number of amides is 2. The molecule has 1 aliphatic heterocycles. The molecule has 1 aliphatic carbocycles. The predicted molar refractivity (Wildman–Crippen MR) is 80.7 cm³/mol. The minimum absolute atomic E-state index is 0.00551. The van der Waals surface area contributed by atoms with Gasteiger partial charge in [0.1, 0.15) is 6.04 Å². The van der Waals surface area contributed by atoms with Crippen molar-refractivity contribution in [3.05, 3.63) is 12.2 Å². The summed E-state index contributed by atoms with van der Waals surface area (Å²) in [6.45, 7) is 8.18. The molecule has 2 bridgehead atoms. The maximum Gasteiger partial charge on any atom is 0.407 e. The zero-order valence-corrected chi connectivity index (χ0v) is 13.5. The lowest BCUT2D eigenvalue weighted by atomic mass is 9.91. The first-order chi connectivity index (χ1) is 9.86. The molecule has 0 aromatic rings. The molecule has 1 N–H and O–H groups in total. The van der Waals surface area contributed by atoms with Gasteiger partial charge in [-0.15, -0.1) is 0 Å². The zero-order chi connectivity index (χ0) is 15.7. The second-order valence-electron chi connectivity index (χ2n) is 6.69. The highest BCUT2D eigenvalue weighted by molar-refractivity contribution is 5.87. The highest BCUT2D eigenvalue weighted by atomic mass is 16.5. The highest BCUT2D eigenvalue weighted by Crippen LogP contribution is 2.41. The molecule has 4 atom stereocenters. The fourth-order valence-electron chi connectivity index (χ4n) is 3.58. The maximum atomic E-state index is 13.0. The molecule has 5 nitrogen and oxygen atoms in total. The van der Waals surface area contributed by atoms with Crippen molar-refractivity contribution < 1.29 is 14.3 Å². The molecular weight excluding hydrogens is 268 g/mol. The average molecular weight is 294 g/mol. The summed E-state index contributed by atoms with van der Waals surface area (Å²) in [5.41, 5.74) is 0. The number of hydrogen-bond donors (Lipinski definition) is 1. The van der Waals surface area contributed by atoms with E-state index in [-0.39, 0.29) is 23.9 Å². The molecule has 0 saturated carbocycles. The smallest absolute Gasteiger partial charge is 0.407 e. The van der Waals surface area contributed by atoms with Gasteiger partial charge in [-0.3, -0.25) is 4.79 Å². The van der Waals surface area contributed by atoms with Crippen LogP contribution in [0.5, 0.6) is 0 Å². The van der Waals surface area contributed by atoms with Gasteiger partial charge in [0.25, 0.3) is 0 Å². The third kappa shape index (κ3) is 2.92. The van der Waals surface area contributed by atoms with E-state index in [1.807, 2.05) is 18.7 Å². The van der Waals surface area contributed by atoms with Crippen molar-refractivity contribution in [2.45, 2.75) is 52.2 Å². The Morgan fingerprint density at radius 1 is 1.24 bits per heavy atom. The number of nitrogens with zero attached hydrogens (tertiary/aromatic N) is 1. The van der Waals surface area contributed by atoms with E-state index in [4.69, 9.17) is 0 Å². The summed E-state index contributed by atoms with van der Waals surface area (Å²) in [4.78, 5) is 26.5. The summed E-state index contributed by atoms with van der Waals surface area (Å²) in [6.07, 6.45) is 4.81. The lowest BCUT2D eigenvalue weighted by Gasteiger charge is -2.38. The average Bonchev–Trinajstić information content (AvgIpc) is 3.03. The maximum absolute atomic E-state index is 13.0. The third-order valence-corrected chi connectivity index (χ3v) is 4.54. The Morgan fingerprint density at radius 2 is 1.90 bits per heavy atom. The lowest BCUT2D eigenvalue weighted by molar-refractivity contribution is -0.138. The Bertz CT molecular complexity index is 445. The molecular formula is C16H26N2O3. The van der Waals surface area contributed by atoms with Crippen LogP contribution in [-0.2, 0) is 9.53 Å². The van der Waals surface area contributed by atoms with Crippen molar-refractivity contribution in [1.29, 1.82) is 0 Å².